The van der Waals surface area contributed by atoms with Gasteiger partial charge in [0.05, 0.1) is 5.25 Å². The zero-order chi connectivity index (χ0) is 12.4. The lowest BCUT2D eigenvalue weighted by atomic mass is 10.1. The van der Waals surface area contributed by atoms with Crippen molar-refractivity contribution in [3.8, 4) is 0 Å². The molecule has 0 heterocycles. The average molecular weight is 310 g/mol. The average Bonchev–Trinajstić information content (AvgIpc) is 2.33. The van der Waals surface area contributed by atoms with Crippen molar-refractivity contribution in [1.82, 2.24) is 0 Å². The highest BCUT2D eigenvalue weighted by Gasteiger charge is 2.10. The molecule has 2 nitrogen and oxygen atoms in total. The first-order chi connectivity index (χ1) is 8.09. The Morgan fingerprint density at radius 2 is 1.88 bits per heavy atom. The summed E-state index contributed by atoms with van der Waals surface area (Å²) in [7, 11) is 0. The van der Waals surface area contributed by atoms with Gasteiger partial charge in [0.2, 0.25) is 5.91 Å². The Labute approximate surface area is 114 Å². The molecule has 88 valence electrons. The molecule has 0 aliphatic rings. The minimum atomic E-state index is -0.322. The van der Waals surface area contributed by atoms with E-state index in [1.165, 1.54) is 0 Å². The molecule has 0 aliphatic carbocycles. The van der Waals surface area contributed by atoms with Gasteiger partial charge in [-0.25, -0.2) is 0 Å². The Morgan fingerprint density at radius 1 is 1.24 bits per heavy atom. The van der Waals surface area contributed by atoms with E-state index in [9.17, 15) is 4.79 Å². The Morgan fingerprint density at radius 3 is 2.53 bits per heavy atom. The minimum Gasteiger partial charge on any atom is -0.325 e. The normalized spacial score (nSPS) is 12.4. The number of amides is 1. The standard InChI is InChI=1S/C13H12BrNOS/c1-8(17)13(16)15-12-7-6-11(14)9-4-2-3-5-10(9)12/h2-8,17H,1H3,(H,15,16). The molecule has 2 rings (SSSR count). The van der Waals surface area contributed by atoms with Crippen LogP contribution >= 0.6 is 28.6 Å². The fourth-order valence-corrected chi connectivity index (χ4v) is 2.15. The SMILES string of the molecule is CC(S)C(=O)Nc1ccc(Br)c2ccccc12. The van der Waals surface area contributed by atoms with E-state index < -0.39 is 0 Å². The van der Waals surface area contributed by atoms with Gasteiger partial charge in [0.1, 0.15) is 0 Å². The molecule has 0 bridgehead atoms. The molecule has 0 saturated heterocycles. The first-order valence-corrected chi connectivity index (χ1v) is 6.56. The summed E-state index contributed by atoms with van der Waals surface area (Å²) in [5, 5.41) is 4.65. The van der Waals surface area contributed by atoms with Crippen LogP contribution in [-0.2, 0) is 4.79 Å². The second kappa shape index (κ2) is 5.10. The van der Waals surface area contributed by atoms with Crippen LogP contribution in [-0.4, -0.2) is 11.2 Å². The number of nitrogens with one attached hydrogen (secondary N) is 1. The minimum absolute atomic E-state index is 0.0965. The van der Waals surface area contributed by atoms with Gasteiger partial charge < -0.3 is 5.32 Å². The number of rotatable bonds is 2. The fourth-order valence-electron chi connectivity index (χ4n) is 1.61. The van der Waals surface area contributed by atoms with Crippen LogP contribution in [0.1, 0.15) is 6.92 Å². The van der Waals surface area contributed by atoms with E-state index in [1.807, 2.05) is 36.4 Å². The van der Waals surface area contributed by atoms with Crippen molar-refractivity contribution in [3.05, 3.63) is 40.9 Å². The number of hydrogen-bond acceptors (Lipinski definition) is 2. The molecule has 2 aromatic rings. The molecule has 0 spiro atoms. The third kappa shape index (κ3) is 2.64. The van der Waals surface area contributed by atoms with Crippen LogP contribution in [0, 0.1) is 0 Å². The summed E-state index contributed by atoms with van der Waals surface area (Å²) >= 11 is 7.61. The molecule has 0 aliphatic heterocycles. The summed E-state index contributed by atoms with van der Waals surface area (Å²) in [5.74, 6) is -0.0965. The third-order valence-electron chi connectivity index (χ3n) is 2.51. The van der Waals surface area contributed by atoms with Crippen LogP contribution in [0.4, 0.5) is 5.69 Å². The molecule has 1 unspecified atom stereocenters. The monoisotopic (exact) mass is 309 g/mol. The second-order valence-corrected chi connectivity index (χ2v) is 5.43. The van der Waals surface area contributed by atoms with Gasteiger partial charge in [-0.3, -0.25) is 4.79 Å². The molecule has 2 aromatic carbocycles. The van der Waals surface area contributed by atoms with Gasteiger partial charge in [-0.2, -0.15) is 12.6 Å². The molecular formula is C13H12BrNOS. The van der Waals surface area contributed by atoms with Gasteiger partial charge in [0.25, 0.3) is 0 Å². The van der Waals surface area contributed by atoms with Crippen molar-refractivity contribution in [2.24, 2.45) is 0 Å². The maximum absolute atomic E-state index is 11.6. The number of carbonyl (C=O) groups excluding carboxylic acids is 1. The summed E-state index contributed by atoms with van der Waals surface area (Å²) in [6.07, 6.45) is 0. The van der Waals surface area contributed by atoms with Crippen molar-refractivity contribution < 1.29 is 4.79 Å². The van der Waals surface area contributed by atoms with Gasteiger partial charge in [-0.15, -0.1) is 0 Å². The number of anilines is 1. The predicted octanol–water partition coefficient (Wildman–Crippen LogP) is 3.86. The molecule has 0 fully saturated rings. The fraction of sp³-hybridized carbons (Fsp3) is 0.154. The van der Waals surface area contributed by atoms with Gasteiger partial charge in [0, 0.05) is 15.5 Å². The highest BCUT2D eigenvalue weighted by Crippen LogP contribution is 2.30. The first kappa shape index (κ1) is 12.5. The maximum Gasteiger partial charge on any atom is 0.236 e. The van der Waals surface area contributed by atoms with E-state index >= 15 is 0 Å². The molecule has 0 radical (unpaired) electrons. The van der Waals surface area contributed by atoms with E-state index in [0.717, 1.165) is 20.9 Å². The van der Waals surface area contributed by atoms with Gasteiger partial charge >= 0.3 is 0 Å². The Kier molecular flexibility index (Phi) is 3.74. The first-order valence-electron chi connectivity index (χ1n) is 5.26. The van der Waals surface area contributed by atoms with Crippen LogP contribution < -0.4 is 5.32 Å². The third-order valence-corrected chi connectivity index (χ3v) is 3.43. The molecule has 4 heteroatoms. The van der Waals surface area contributed by atoms with Gasteiger partial charge in [-0.05, 0) is 24.4 Å². The predicted molar refractivity (Wildman–Crippen MR) is 78.7 cm³/mol. The molecule has 1 atom stereocenters. The van der Waals surface area contributed by atoms with E-state index in [1.54, 1.807) is 6.92 Å². The van der Waals surface area contributed by atoms with Crippen LogP contribution in [0.3, 0.4) is 0 Å². The van der Waals surface area contributed by atoms with Gasteiger partial charge in [0.15, 0.2) is 0 Å². The lowest BCUT2D eigenvalue weighted by molar-refractivity contribution is -0.115. The van der Waals surface area contributed by atoms with Gasteiger partial charge in [-0.1, -0.05) is 40.2 Å². The molecule has 1 N–H and O–H groups in total. The van der Waals surface area contributed by atoms with Crippen LogP contribution in [0.25, 0.3) is 10.8 Å². The Bertz CT molecular complexity index is 568. The summed E-state index contributed by atoms with van der Waals surface area (Å²) in [6, 6.07) is 11.7. The number of hydrogen-bond donors (Lipinski definition) is 2. The number of fused-ring (bicyclic) bond motifs is 1. The number of halogens is 1. The second-order valence-electron chi connectivity index (χ2n) is 3.81. The number of thiol groups is 1. The maximum atomic E-state index is 11.6. The summed E-state index contributed by atoms with van der Waals surface area (Å²) in [5.41, 5.74) is 0.815. The summed E-state index contributed by atoms with van der Waals surface area (Å²) in [4.78, 5) is 11.6. The van der Waals surface area contributed by atoms with Crippen LogP contribution in [0.5, 0.6) is 0 Å². The highest BCUT2D eigenvalue weighted by molar-refractivity contribution is 9.10. The lowest BCUT2D eigenvalue weighted by Crippen LogP contribution is -2.20. The van der Waals surface area contributed by atoms with E-state index in [0.29, 0.717) is 0 Å². The van der Waals surface area contributed by atoms with Crippen LogP contribution in [0.2, 0.25) is 0 Å². The Hall–Kier alpha value is -1.00. The summed E-state index contributed by atoms with van der Waals surface area (Å²) < 4.78 is 1.02. The zero-order valence-corrected chi connectivity index (χ0v) is 11.8. The number of carbonyl (C=O) groups is 1. The molecular weight excluding hydrogens is 298 g/mol. The summed E-state index contributed by atoms with van der Waals surface area (Å²) in [6.45, 7) is 1.75. The zero-order valence-electron chi connectivity index (χ0n) is 9.27. The van der Waals surface area contributed by atoms with E-state index in [-0.39, 0.29) is 11.2 Å². The smallest absolute Gasteiger partial charge is 0.236 e. The van der Waals surface area contributed by atoms with Crippen molar-refractivity contribution in [2.45, 2.75) is 12.2 Å². The van der Waals surface area contributed by atoms with Crippen molar-refractivity contribution in [3.63, 3.8) is 0 Å². The molecule has 1 amide bonds. The van der Waals surface area contributed by atoms with Crippen molar-refractivity contribution in [1.29, 1.82) is 0 Å². The van der Waals surface area contributed by atoms with E-state index in [4.69, 9.17) is 0 Å². The van der Waals surface area contributed by atoms with E-state index in [2.05, 4.69) is 33.9 Å². The molecule has 0 saturated carbocycles. The molecule has 17 heavy (non-hydrogen) atoms. The quantitative estimate of drug-likeness (QED) is 0.810. The largest absolute Gasteiger partial charge is 0.325 e. The van der Waals surface area contributed by atoms with Crippen LogP contribution in [0.15, 0.2) is 40.9 Å². The lowest BCUT2D eigenvalue weighted by Gasteiger charge is -2.11. The number of benzene rings is 2. The highest BCUT2D eigenvalue weighted by atomic mass is 79.9. The Balaban J connectivity index is 2.48. The van der Waals surface area contributed by atoms with Crippen molar-refractivity contribution >= 4 is 50.9 Å². The topological polar surface area (TPSA) is 29.1 Å². The van der Waals surface area contributed by atoms with Crippen molar-refractivity contribution in [2.75, 3.05) is 5.32 Å². The molecule has 0 aromatic heterocycles.